The van der Waals surface area contributed by atoms with Gasteiger partial charge in [0.1, 0.15) is 17.4 Å². The highest BCUT2D eigenvalue weighted by Gasteiger charge is 2.38. The van der Waals surface area contributed by atoms with Crippen LogP contribution in [0, 0.1) is 0 Å². The fourth-order valence-electron chi connectivity index (χ4n) is 5.95. The third kappa shape index (κ3) is 3.65. The van der Waals surface area contributed by atoms with Gasteiger partial charge in [-0.05, 0) is 70.6 Å². The average molecular weight is 474 g/mol. The smallest absolute Gasteiger partial charge is 0.140 e. The first-order valence-electron chi connectivity index (χ1n) is 12.6. The van der Waals surface area contributed by atoms with E-state index >= 15 is 0 Å². The number of piperazine rings is 1. The summed E-state index contributed by atoms with van der Waals surface area (Å²) in [5.41, 5.74) is 4.07. The van der Waals surface area contributed by atoms with Crippen LogP contribution in [0.25, 0.3) is 32.8 Å². The van der Waals surface area contributed by atoms with Gasteiger partial charge in [-0.15, -0.1) is 0 Å². The van der Waals surface area contributed by atoms with Crippen LogP contribution < -0.4 is 10.2 Å². The Morgan fingerprint density at radius 2 is 1.75 bits per heavy atom. The number of nitrogens with zero attached hydrogens (tertiary/aromatic N) is 4. The molecule has 0 saturated carbocycles. The van der Waals surface area contributed by atoms with Crippen molar-refractivity contribution in [2.45, 2.75) is 31.3 Å². The topological polar surface area (TPSA) is 74.2 Å². The molecule has 2 unspecified atom stereocenters. The lowest BCUT2D eigenvalue weighted by Gasteiger charge is -2.37. The minimum atomic E-state index is 0.266. The molecule has 2 aliphatic heterocycles. The van der Waals surface area contributed by atoms with E-state index in [1.807, 2.05) is 42.6 Å². The SMILES string of the molecule is Oc1cc(-c2ccc3c(N4C5CCC4CNC5)nc(Cc4cccnc4)nc3c2)c2ccccc2c1. The molecule has 2 saturated heterocycles. The maximum Gasteiger partial charge on any atom is 0.140 e. The molecule has 2 N–H and O–H groups in total. The van der Waals surface area contributed by atoms with Crippen molar-refractivity contribution in [1.29, 1.82) is 0 Å². The Morgan fingerprint density at radius 3 is 2.58 bits per heavy atom. The summed E-state index contributed by atoms with van der Waals surface area (Å²) < 4.78 is 0. The van der Waals surface area contributed by atoms with Crippen molar-refractivity contribution in [3.63, 3.8) is 0 Å². The molecule has 0 spiro atoms. The number of anilines is 1. The van der Waals surface area contributed by atoms with Crippen molar-refractivity contribution in [2.75, 3.05) is 18.0 Å². The van der Waals surface area contributed by atoms with Crippen LogP contribution in [0.15, 0.2) is 79.1 Å². The molecule has 2 aliphatic rings. The third-order valence-electron chi connectivity index (χ3n) is 7.59. The zero-order valence-electron chi connectivity index (χ0n) is 19.9. The second-order valence-electron chi connectivity index (χ2n) is 9.90. The molecule has 4 heterocycles. The predicted molar refractivity (Wildman–Crippen MR) is 143 cm³/mol. The Bertz CT molecular complexity index is 1570. The van der Waals surface area contributed by atoms with E-state index in [0.717, 1.165) is 63.1 Å². The first-order valence-corrected chi connectivity index (χ1v) is 12.6. The summed E-state index contributed by atoms with van der Waals surface area (Å²) in [6.07, 6.45) is 6.69. The van der Waals surface area contributed by atoms with Gasteiger partial charge in [-0.2, -0.15) is 0 Å². The van der Waals surface area contributed by atoms with Crippen molar-refractivity contribution in [3.8, 4) is 16.9 Å². The largest absolute Gasteiger partial charge is 0.508 e. The molecule has 3 aromatic carbocycles. The summed E-state index contributed by atoms with van der Waals surface area (Å²) in [5.74, 6) is 2.11. The van der Waals surface area contributed by atoms with Crippen LogP contribution in [-0.2, 0) is 6.42 Å². The van der Waals surface area contributed by atoms with E-state index in [2.05, 4.69) is 45.5 Å². The number of phenolic OH excluding ortho intramolecular Hbond substituents is 1. The van der Waals surface area contributed by atoms with Crippen LogP contribution in [0.1, 0.15) is 24.2 Å². The summed E-state index contributed by atoms with van der Waals surface area (Å²) in [6, 6.07) is 23.2. The minimum Gasteiger partial charge on any atom is -0.508 e. The number of aromatic nitrogens is 3. The van der Waals surface area contributed by atoms with Gasteiger partial charge in [0.25, 0.3) is 0 Å². The van der Waals surface area contributed by atoms with Gasteiger partial charge in [-0.3, -0.25) is 4.98 Å². The van der Waals surface area contributed by atoms with E-state index in [1.165, 1.54) is 12.8 Å². The number of aromatic hydroxyl groups is 1. The Morgan fingerprint density at radius 1 is 0.889 bits per heavy atom. The van der Waals surface area contributed by atoms with Gasteiger partial charge in [-0.1, -0.05) is 36.4 Å². The quantitative estimate of drug-likeness (QED) is 0.379. The van der Waals surface area contributed by atoms with Gasteiger partial charge < -0.3 is 15.3 Å². The van der Waals surface area contributed by atoms with Crippen LogP contribution in [0.4, 0.5) is 5.82 Å². The van der Waals surface area contributed by atoms with Crippen molar-refractivity contribution in [3.05, 3.63) is 90.5 Å². The molecule has 6 nitrogen and oxygen atoms in total. The highest BCUT2D eigenvalue weighted by Crippen LogP contribution is 2.38. The molecule has 2 bridgehead atoms. The molecule has 0 radical (unpaired) electrons. The second-order valence-corrected chi connectivity index (χ2v) is 9.90. The normalized spacial score (nSPS) is 19.3. The number of pyridine rings is 1. The molecule has 178 valence electrons. The molecule has 0 amide bonds. The van der Waals surface area contributed by atoms with Crippen molar-refractivity contribution in [2.24, 2.45) is 0 Å². The maximum atomic E-state index is 10.4. The zero-order valence-corrected chi connectivity index (χ0v) is 19.9. The van der Waals surface area contributed by atoms with Gasteiger partial charge in [0.2, 0.25) is 0 Å². The summed E-state index contributed by atoms with van der Waals surface area (Å²) in [7, 11) is 0. The number of hydrogen-bond acceptors (Lipinski definition) is 6. The van der Waals surface area contributed by atoms with Crippen LogP contribution in [-0.4, -0.2) is 45.2 Å². The summed E-state index contributed by atoms with van der Waals surface area (Å²) >= 11 is 0. The van der Waals surface area contributed by atoms with Crippen LogP contribution in [0.2, 0.25) is 0 Å². The molecule has 5 aromatic rings. The zero-order chi connectivity index (χ0) is 24.1. The molecule has 2 fully saturated rings. The van der Waals surface area contributed by atoms with E-state index in [1.54, 1.807) is 6.20 Å². The molecular weight excluding hydrogens is 446 g/mol. The summed E-state index contributed by atoms with van der Waals surface area (Å²) in [6.45, 7) is 1.99. The van der Waals surface area contributed by atoms with Gasteiger partial charge in [0.05, 0.1) is 5.52 Å². The number of hydrogen-bond donors (Lipinski definition) is 2. The lowest BCUT2D eigenvalue weighted by Crippen LogP contribution is -2.52. The van der Waals surface area contributed by atoms with Crippen LogP contribution in [0.3, 0.4) is 0 Å². The molecule has 6 heteroatoms. The number of rotatable bonds is 4. The number of phenols is 1. The Labute approximate surface area is 209 Å². The second kappa shape index (κ2) is 8.57. The highest BCUT2D eigenvalue weighted by molar-refractivity contribution is 6.01. The maximum absolute atomic E-state index is 10.4. The van der Waals surface area contributed by atoms with E-state index in [0.29, 0.717) is 18.5 Å². The number of nitrogens with one attached hydrogen (secondary N) is 1. The summed E-state index contributed by atoms with van der Waals surface area (Å²) in [5, 5.41) is 17.2. The van der Waals surface area contributed by atoms with Gasteiger partial charge >= 0.3 is 0 Å². The van der Waals surface area contributed by atoms with Crippen molar-refractivity contribution in [1.82, 2.24) is 20.3 Å². The fourth-order valence-corrected chi connectivity index (χ4v) is 5.95. The van der Waals surface area contributed by atoms with Gasteiger partial charge in [-0.25, -0.2) is 9.97 Å². The standard InChI is InChI=1S/C30H27N5O/c36-24-13-20-5-1-2-6-25(20)27(15-24)21-7-10-26-28(14-21)33-29(12-19-4-3-11-31-16-19)34-30(26)35-22-8-9-23(35)18-32-17-22/h1-7,10-11,13-16,22-23,32,36H,8-9,12,17-18H2. The molecule has 2 atom stereocenters. The third-order valence-corrected chi connectivity index (χ3v) is 7.59. The molecular formula is C30H27N5O. The first kappa shape index (κ1) is 21.3. The Hall–Kier alpha value is -4.03. The number of benzene rings is 3. The number of fused-ring (bicyclic) bond motifs is 4. The molecule has 0 aliphatic carbocycles. The van der Waals surface area contributed by atoms with Gasteiger partial charge in [0.15, 0.2) is 0 Å². The molecule has 2 aromatic heterocycles. The first-order chi connectivity index (χ1) is 17.7. The van der Waals surface area contributed by atoms with Crippen molar-refractivity contribution >= 4 is 27.5 Å². The monoisotopic (exact) mass is 473 g/mol. The Kier molecular flexibility index (Phi) is 5.06. The highest BCUT2D eigenvalue weighted by atomic mass is 16.3. The van der Waals surface area contributed by atoms with Crippen molar-refractivity contribution < 1.29 is 5.11 Å². The van der Waals surface area contributed by atoms with Gasteiger partial charge in [0, 0.05) is 49.4 Å². The van der Waals surface area contributed by atoms with E-state index < -0.39 is 0 Å². The molecule has 36 heavy (non-hydrogen) atoms. The van der Waals surface area contributed by atoms with E-state index in [-0.39, 0.29) is 5.75 Å². The minimum absolute atomic E-state index is 0.266. The summed E-state index contributed by atoms with van der Waals surface area (Å²) in [4.78, 5) is 17.0. The lowest BCUT2D eigenvalue weighted by molar-refractivity contribution is 0.476. The Balaban J connectivity index is 1.41. The predicted octanol–water partition coefficient (Wildman–Crippen LogP) is 5.08. The van der Waals surface area contributed by atoms with Crippen LogP contribution in [0.5, 0.6) is 5.75 Å². The van der Waals surface area contributed by atoms with E-state index in [9.17, 15) is 5.11 Å². The average Bonchev–Trinajstić information content (AvgIpc) is 3.15. The molecule has 7 rings (SSSR count). The van der Waals surface area contributed by atoms with E-state index in [4.69, 9.17) is 9.97 Å². The fraction of sp³-hybridized carbons (Fsp3) is 0.233. The van der Waals surface area contributed by atoms with Crippen LogP contribution >= 0.6 is 0 Å². The lowest BCUT2D eigenvalue weighted by atomic mass is 9.96.